The number of carbonyl (C=O) groups is 4. The van der Waals surface area contributed by atoms with E-state index in [-0.39, 0.29) is 30.6 Å². The van der Waals surface area contributed by atoms with E-state index in [2.05, 4.69) is 16.0 Å². The van der Waals surface area contributed by atoms with Gasteiger partial charge in [0.15, 0.2) is 0 Å². The second-order valence-electron chi connectivity index (χ2n) is 8.63. The van der Waals surface area contributed by atoms with Crippen molar-refractivity contribution in [2.24, 2.45) is 13.0 Å². The summed E-state index contributed by atoms with van der Waals surface area (Å²) in [6.45, 7) is 0.570. The zero-order chi connectivity index (χ0) is 24.1. The quantitative estimate of drug-likeness (QED) is 0.423. The van der Waals surface area contributed by atoms with E-state index in [1.807, 2.05) is 54.6 Å². The van der Waals surface area contributed by atoms with E-state index in [4.69, 9.17) is 0 Å². The Hall–Kier alpha value is -3.94. The molecule has 3 aromatic rings. The molecule has 0 spiro atoms. The van der Waals surface area contributed by atoms with Crippen molar-refractivity contribution in [1.82, 2.24) is 20.5 Å². The molecule has 3 atom stereocenters. The number of aryl methyl sites for hydroxylation is 1. The molecule has 8 nitrogen and oxygen atoms in total. The molecule has 1 aliphatic heterocycles. The molecule has 3 amide bonds. The van der Waals surface area contributed by atoms with Crippen LogP contribution < -0.4 is 16.0 Å². The lowest BCUT2D eigenvalue weighted by Gasteiger charge is -2.22. The minimum atomic E-state index is -0.896. The van der Waals surface area contributed by atoms with Crippen molar-refractivity contribution in [3.8, 4) is 0 Å². The largest absolute Gasteiger partial charge is 0.356 e. The first-order valence-electron chi connectivity index (χ1n) is 11.4. The van der Waals surface area contributed by atoms with E-state index in [9.17, 15) is 19.2 Å². The summed E-state index contributed by atoms with van der Waals surface area (Å²) in [7, 11) is 1.80. The van der Waals surface area contributed by atoms with Crippen molar-refractivity contribution < 1.29 is 19.2 Å². The number of para-hydroxylation sites is 1. The van der Waals surface area contributed by atoms with Crippen LogP contribution in [0.4, 0.5) is 0 Å². The standard InChI is InChI=1S/C26H28N4O4/c1-30-22-10-6-5-9-18(22)15-23(30)26(34)29-21(13-17-7-3-2-4-8-17)25(33)28-20(16-31)14-19-11-12-27-24(19)32/h2-10,15-16,19-21H,11-14H2,1H3,(H,27,32)(H,28,33)(H,29,34)/t19-,20-,21-/m0/s1. The van der Waals surface area contributed by atoms with Gasteiger partial charge in [0, 0.05) is 36.8 Å². The number of rotatable bonds is 9. The van der Waals surface area contributed by atoms with Gasteiger partial charge < -0.3 is 25.3 Å². The number of nitrogens with zero attached hydrogens (tertiary/aromatic N) is 1. The molecular weight excluding hydrogens is 432 g/mol. The fourth-order valence-corrected chi connectivity index (χ4v) is 4.41. The number of hydrogen-bond acceptors (Lipinski definition) is 4. The average Bonchev–Trinajstić information content (AvgIpc) is 3.41. The van der Waals surface area contributed by atoms with Gasteiger partial charge in [-0.1, -0.05) is 48.5 Å². The Morgan fingerprint density at radius 1 is 1.12 bits per heavy atom. The topological polar surface area (TPSA) is 109 Å². The third-order valence-corrected chi connectivity index (χ3v) is 6.28. The van der Waals surface area contributed by atoms with E-state index in [1.165, 1.54) is 0 Å². The van der Waals surface area contributed by atoms with E-state index < -0.39 is 18.0 Å². The second kappa shape index (κ2) is 10.3. The van der Waals surface area contributed by atoms with Gasteiger partial charge in [-0.3, -0.25) is 14.4 Å². The number of aromatic nitrogens is 1. The Balaban J connectivity index is 1.52. The lowest BCUT2D eigenvalue weighted by atomic mass is 9.98. The predicted molar refractivity (Wildman–Crippen MR) is 128 cm³/mol. The first-order chi connectivity index (χ1) is 16.5. The summed E-state index contributed by atoms with van der Waals surface area (Å²) in [5.74, 6) is -1.27. The third kappa shape index (κ3) is 5.17. The van der Waals surface area contributed by atoms with Crippen LogP contribution in [0.25, 0.3) is 10.9 Å². The Labute approximate surface area is 197 Å². The molecule has 0 saturated carbocycles. The summed E-state index contributed by atoms with van der Waals surface area (Å²) in [5.41, 5.74) is 2.21. The Morgan fingerprint density at radius 2 is 1.85 bits per heavy atom. The van der Waals surface area contributed by atoms with Gasteiger partial charge in [-0.2, -0.15) is 0 Å². The second-order valence-corrected chi connectivity index (χ2v) is 8.63. The van der Waals surface area contributed by atoms with Crippen LogP contribution in [0.5, 0.6) is 0 Å². The summed E-state index contributed by atoms with van der Waals surface area (Å²) >= 11 is 0. The third-order valence-electron chi connectivity index (χ3n) is 6.28. The number of fused-ring (bicyclic) bond motifs is 1. The number of amides is 3. The average molecular weight is 461 g/mol. The minimum Gasteiger partial charge on any atom is -0.356 e. The van der Waals surface area contributed by atoms with Gasteiger partial charge in [0.05, 0.1) is 6.04 Å². The molecule has 1 aliphatic rings. The molecular formula is C26H28N4O4. The van der Waals surface area contributed by atoms with Crippen molar-refractivity contribution in [2.75, 3.05) is 6.54 Å². The first-order valence-corrected chi connectivity index (χ1v) is 11.4. The fourth-order valence-electron chi connectivity index (χ4n) is 4.41. The van der Waals surface area contributed by atoms with E-state index in [1.54, 1.807) is 17.7 Å². The molecule has 0 bridgehead atoms. The van der Waals surface area contributed by atoms with Crippen molar-refractivity contribution in [2.45, 2.75) is 31.3 Å². The molecule has 1 saturated heterocycles. The molecule has 34 heavy (non-hydrogen) atoms. The first kappa shape index (κ1) is 23.2. The fraction of sp³-hybridized carbons (Fsp3) is 0.308. The van der Waals surface area contributed by atoms with Crippen LogP contribution >= 0.6 is 0 Å². The SMILES string of the molecule is Cn1c(C(=O)N[C@@H](Cc2ccccc2)C(=O)N[C@H](C=O)C[C@@H]2CCNC2=O)cc2ccccc21. The van der Waals surface area contributed by atoms with Crippen molar-refractivity contribution in [3.63, 3.8) is 0 Å². The van der Waals surface area contributed by atoms with E-state index >= 15 is 0 Å². The van der Waals surface area contributed by atoms with Crippen LogP contribution in [0.1, 0.15) is 28.9 Å². The van der Waals surface area contributed by atoms with Crippen LogP contribution in [0.2, 0.25) is 0 Å². The highest BCUT2D eigenvalue weighted by Gasteiger charge is 2.30. The lowest BCUT2D eigenvalue weighted by molar-refractivity contribution is -0.127. The molecule has 8 heteroatoms. The summed E-state index contributed by atoms with van der Waals surface area (Å²) in [5, 5.41) is 9.24. The molecule has 4 rings (SSSR count). The highest BCUT2D eigenvalue weighted by molar-refractivity contribution is 6.01. The maximum Gasteiger partial charge on any atom is 0.268 e. The highest BCUT2D eigenvalue weighted by Crippen LogP contribution is 2.19. The summed E-state index contributed by atoms with van der Waals surface area (Å²) < 4.78 is 1.79. The molecule has 2 aromatic carbocycles. The number of aldehydes is 1. The van der Waals surface area contributed by atoms with Crippen LogP contribution in [-0.4, -0.2) is 47.2 Å². The molecule has 0 radical (unpaired) electrons. The maximum absolute atomic E-state index is 13.2. The van der Waals surface area contributed by atoms with Crippen LogP contribution in [0.3, 0.4) is 0 Å². The van der Waals surface area contributed by atoms with Gasteiger partial charge in [0.2, 0.25) is 11.8 Å². The molecule has 1 aromatic heterocycles. The molecule has 3 N–H and O–H groups in total. The molecule has 1 fully saturated rings. The zero-order valence-corrected chi connectivity index (χ0v) is 19.0. The van der Waals surface area contributed by atoms with Gasteiger partial charge in [-0.15, -0.1) is 0 Å². The Morgan fingerprint density at radius 3 is 2.53 bits per heavy atom. The maximum atomic E-state index is 13.2. The van der Waals surface area contributed by atoms with E-state index in [0.717, 1.165) is 16.5 Å². The minimum absolute atomic E-state index is 0.106. The van der Waals surface area contributed by atoms with Gasteiger partial charge in [-0.25, -0.2) is 0 Å². The normalized spacial score (nSPS) is 17.1. The number of nitrogens with one attached hydrogen (secondary N) is 3. The Kier molecular flexibility index (Phi) is 7.06. The molecule has 0 aliphatic carbocycles. The van der Waals surface area contributed by atoms with Crippen LogP contribution in [0.15, 0.2) is 60.7 Å². The van der Waals surface area contributed by atoms with Gasteiger partial charge in [-0.05, 0) is 30.5 Å². The van der Waals surface area contributed by atoms with Gasteiger partial charge >= 0.3 is 0 Å². The molecule has 0 unspecified atom stereocenters. The van der Waals surface area contributed by atoms with Crippen molar-refractivity contribution >= 4 is 34.9 Å². The van der Waals surface area contributed by atoms with Crippen molar-refractivity contribution in [1.29, 1.82) is 0 Å². The summed E-state index contributed by atoms with van der Waals surface area (Å²) in [6, 6.07) is 17.1. The number of carbonyl (C=O) groups excluding carboxylic acids is 4. The zero-order valence-electron chi connectivity index (χ0n) is 19.0. The predicted octanol–water partition coefficient (Wildman–Crippen LogP) is 1.73. The van der Waals surface area contributed by atoms with Crippen molar-refractivity contribution in [3.05, 3.63) is 71.9 Å². The van der Waals surface area contributed by atoms with Crippen LogP contribution in [-0.2, 0) is 27.9 Å². The highest BCUT2D eigenvalue weighted by atomic mass is 16.2. The number of benzene rings is 2. The van der Waals surface area contributed by atoms with Gasteiger partial charge in [0.1, 0.15) is 18.0 Å². The molecule has 176 valence electrons. The molecule has 2 heterocycles. The number of hydrogen-bond donors (Lipinski definition) is 3. The van der Waals surface area contributed by atoms with Crippen LogP contribution in [0, 0.1) is 5.92 Å². The van der Waals surface area contributed by atoms with E-state index in [0.29, 0.717) is 24.9 Å². The Bertz CT molecular complexity index is 1200. The summed E-state index contributed by atoms with van der Waals surface area (Å²) in [6.07, 6.45) is 1.77. The van der Waals surface area contributed by atoms with Gasteiger partial charge in [0.25, 0.3) is 5.91 Å². The monoisotopic (exact) mass is 460 g/mol. The smallest absolute Gasteiger partial charge is 0.268 e. The lowest BCUT2D eigenvalue weighted by Crippen LogP contribution is -2.51. The summed E-state index contributed by atoms with van der Waals surface area (Å²) in [4.78, 5) is 49.9.